The number of nitrogens with one attached hydrogen (secondary N) is 2. The Morgan fingerprint density at radius 2 is 1.84 bits per heavy atom. The number of hydrogen-bond acceptors (Lipinski definition) is 2. The molecule has 0 radical (unpaired) electrons. The van der Waals surface area contributed by atoms with Gasteiger partial charge in [-0.25, -0.2) is 4.79 Å². The molecule has 1 aromatic carbocycles. The van der Waals surface area contributed by atoms with Gasteiger partial charge >= 0.3 is 12.2 Å². The van der Waals surface area contributed by atoms with Crippen LogP contribution in [0.4, 0.5) is 23.7 Å². The Morgan fingerprint density at radius 3 is 2.37 bits per heavy atom. The molecule has 0 aromatic heterocycles. The molecule has 0 heterocycles. The first-order valence-corrected chi connectivity index (χ1v) is 5.61. The molecular weight excluding hydrogens is 259 g/mol. The maximum atomic E-state index is 12.7. The normalized spacial score (nSPS) is 12.1. The van der Waals surface area contributed by atoms with E-state index < -0.39 is 23.3 Å². The van der Waals surface area contributed by atoms with E-state index in [9.17, 15) is 18.0 Å². The lowest BCUT2D eigenvalue weighted by molar-refractivity contribution is -0.136. The van der Waals surface area contributed by atoms with Gasteiger partial charge < -0.3 is 16.4 Å². The molecule has 4 N–H and O–H groups in total. The number of rotatable bonds is 3. The molecule has 7 heteroatoms. The van der Waals surface area contributed by atoms with Crippen molar-refractivity contribution in [3.8, 4) is 0 Å². The van der Waals surface area contributed by atoms with Crippen LogP contribution in [0.2, 0.25) is 0 Å². The van der Waals surface area contributed by atoms with Crippen molar-refractivity contribution in [3.05, 3.63) is 29.8 Å². The van der Waals surface area contributed by atoms with Crippen molar-refractivity contribution >= 4 is 11.7 Å². The minimum Gasteiger partial charge on any atom is -0.332 e. The highest BCUT2D eigenvalue weighted by molar-refractivity contribution is 5.90. The Labute approximate surface area is 109 Å². The zero-order valence-electron chi connectivity index (χ0n) is 10.6. The van der Waals surface area contributed by atoms with Crippen LogP contribution in [0.3, 0.4) is 0 Å². The summed E-state index contributed by atoms with van der Waals surface area (Å²) < 4.78 is 38.1. The summed E-state index contributed by atoms with van der Waals surface area (Å²) >= 11 is 0. The summed E-state index contributed by atoms with van der Waals surface area (Å²) in [5.74, 6) is 0. The smallest absolute Gasteiger partial charge is 0.332 e. The number of para-hydroxylation sites is 1. The predicted molar refractivity (Wildman–Crippen MR) is 66.7 cm³/mol. The lowest BCUT2D eigenvalue weighted by atomic mass is 10.1. The fourth-order valence-corrected chi connectivity index (χ4v) is 1.35. The third-order valence-electron chi connectivity index (χ3n) is 2.44. The van der Waals surface area contributed by atoms with E-state index in [-0.39, 0.29) is 12.2 Å². The van der Waals surface area contributed by atoms with E-state index in [4.69, 9.17) is 5.73 Å². The van der Waals surface area contributed by atoms with Crippen LogP contribution in [0, 0.1) is 0 Å². The first-order chi connectivity index (χ1) is 8.65. The number of halogens is 3. The largest absolute Gasteiger partial charge is 0.418 e. The molecule has 0 atom stereocenters. The zero-order chi connectivity index (χ0) is 14.7. The molecule has 0 aliphatic rings. The Morgan fingerprint density at radius 1 is 1.26 bits per heavy atom. The number of nitrogens with two attached hydrogens (primary N) is 1. The number of anilines is 1. The Bertz CT molecular complexity index is 458. The maximum Gasteiger partial charge on any atom is 0.418 e. The second-order valence-electron chi connectivity index (χ2n) is 4.71. The van der Waals surface area contributed by atoms with E-state index in [0.717, 1.165) is 6.07 Å². The zero-order valence-corrected chi connectivity index (χ0v) is 10.6. The van der Waals surface area contributed by atoms with Crippen LogP contribution in [0.1, 0.15) is 19.4 Å². The number of carbonyl (C=O) groups is 1. The van der Waals surface area contributed by atoms with Crippen molar-refractivity contribution < 1.29 is 18.0 Å². The van der Waals surface area contributed by atoms with Crippen LogP contribution in [-0.4, -0.2) is 18.1 Å². The highest BCUT2D eigenvalue weighted by Gasteiger charge is 2.33. The molecule has 0 saturated heterocycles. The number of benzene rings is 1. The van der Waals surface area contributed by atoms with Crippen LogP contribution in [-0.2, 0) is 6.18 Å². The summed E-state index contributed by atoms with van der Waals surface area (Å²) in [5, 5.41) is 4.67. The van der Waals surface area contributed by atoms with Gasteiger partial charge in [-0.3, -0.25) is 0 Å². The Hall–Kier alpha value is -1.76. The molecule has 106 valence electrons. The Balaban J connectivity index is 2.86. The first kappa shape index (κ1) is 15.3. The van der Waals surface area contributed by atoms with Gasteiger partial charge in [-0.15, -0.1) is 0 Å². The van der Waals surface area contributed by atoms with Gasteiger partial charge in [-0.2, -0.15) is 13.2 Å². The molecule has 0 aliphatic carbocycles. The molecule has 0 spiro atoms. The van der Waals surface area contributed by atoms with Crippen LogP contribution < -0.4 is 16.4 Å². The summed E-state index contributed by atoms with van der Waals surface area (Å²) in [6, 6.07) is 4.04. The summed E-state index contributed by atoms with van der Waals surface area (Å²) in [7, 11) is 0. The van der Waals surface area contributed by atoms with Gasteiger partial charge in [0.15, 0.2) is 0 Å². The number of alkyl halides is 3. The van der Waals surface area contributed by atoms with E-state index in [1.165, 1.54) is 18.2 Å². The lowest BCUT2D eigenvalue weighted by Gasteiger charge is -2.24. The third kappa shape index (κ3) is 4.44. The SMILES string of the molecule is CC(C)(CN)NC(=O)Nc1ccccc1C(F)(F)F. The van der Waals surface area contributed by atoms with Crippen molar-refractivity contribution in [1.82, 2.24) is 5.32 Å². The van der Waals surface area contributed by atoms with Gasteiger partial charge in [0.2, 0.25) is 0 Å². The second kappa shape index (κ2) is 5.48. The summed E-state index contributed by atoms with van der Waals surface area (Å²) in [6.45, 7) is 3.51. The van der Waals surface area contributed by atoms with Crippen LogP contribution >= 0.6 is 0 Å². The molecule has 1 aromatic rings. The number of carbonyl (C=O) groups excluding carboxylic acids is 1. The number of hydrogen-bond donors (Lipinski definition) is 3. The van der Waals surface area contributed by atoms with E-state index in [0.29, 0.717) is 0 Å². The van der Waals surface area contributed by atoms with E-state index >= 15 is 0 Å². The molecule has 2 amide bonds. The van der Waals surface area contributed by atoms with Gasteiger partial charge in [-0.1, -0.05) is 12.1 Å². The van der Waals surface area contributed by atoms with E-state index in [1.807, 2.05) is 0 Å². The molecule has 0 fully saturated rings. The second-order valence-corrected chi connectivity index (χ2v) is 4.71. The topological polar surface area (TPSA) is 67.1 Å². The Kier molecular flexibility index (Phi) is 4.41. The molecule has 0 unspecified atom stereocenters. The van der Waals surface area contributed by atoms with Gasteiger partial charge in [0.1, 0.15) is 0 Å². The quantitative estimate of drug-likeness (QED) is 0.793. The highest BCUT2D eigenvalue weighted by Crippen LogP contribution is 2.34. The maximum absolute atomic E-state index is 12.7. The molecular formula is C12H16F3N3O. The number of amides is 2. The van der Waals surface area contributed by atoms with Gasteiger partial charge in [0.05, 0.1) is 11.3 Å². The van der Waals surface area contributed by atoms with Gasteiger partial charge in [-0.05, 0) is 26.0 Å². The lowest BCUT2D eigenvalue weighted by Crippen LogP contribution is -2.50. The molecule has 0 aliphatic heterocycles. The van der Waals surface area contributed by atoms with Crippen LogP contribution in [0.5, 0.6) is 0 Å². The molecule has 1 rings (SSSR count). The first-order valence-electron chi connectivity index (χ1n) is 5.61. The van der Waals surface area contributed by atoms with Crippen LogP contribution in [0.15, 0.2) is 24.3 Å². The fraction of sp³-hybridized carbons (Fsp3) is 0.417. The van der Waals surface area contributed by atoms with Gasteiger partial charge in [0, 0.05) is 12.1 Å². The molecule has 4 nitrogen and oxygen atoms in total. The van der Waals surface area contributed by atoms with Crippen molar-refractivity contribution in [2.24, 2.45) is 5.73 Å². The van der Waals surface area contributed by atoms with Gasteiger partial charge in [0.25, 0.3) is 0 Å². The summed E-state index contributed by atoms with van der Waals surface area (Å²) in [5.41, 5.74) is 3.54. The average Bonchev–Trinajstić information content (AvgIpc) is 2.27. The minimum absolute atomic E-state index is 0.168. The molecule has 0 saturated carbocycles. The van der Waals surface area contributed by atoms with E-state index in [2.05, 4.69) is 10.6 Å². The summed E-state index contributed by atoms with van der Waals surface area (Å²) in [6.07, 6.45) is -4.52. The average molecular weight is 275 g/mol. The van der Waals surface area contributed by atoms with Crippen LogP contribution in [0.25, 0.3) is 0 Å². The van der Waals surface area contributed by atoms with Crippen molar-refractivity contribution in [1.29, 1.82) is 0 Å². The highest BCUT2D eigenvalue weighted by atomic mass is 19.4. The standard InChI is InChI=1S/C12H16F3N3O/c1-11(2,7-16)18-10(19)17-9-6-4-3-5-8(9)12(13,14)15/h3-6H,7,16H2,1-2H3,(H2,17,18,19). The number of urea groups is 1. The van der Waals surface area contributed by atoms with Crippen molar-refractivity contribution in [2.75, 3.05) is 11.9 Å². The van der Waals surface area contributed by atoms with E-state index in [1.54, 1.807) is 13.8 Å². The van der Waals surface area contributed by atoms with Crippen molar-refractivity contribution in [2.45, 2.75) is 25.6 Å². The molecule has 19 heavy (non-hydrogen) atoms. The minimum atomic E-state index is -4.52. The summed E-state index contributed by atoms with van der Waals surface area (Å²) in [4.78, 5) is 11.6. The van der Waals surface area contributed by atoms with Crippen molar-refractivity contribution in [3.63, 3.8) is 0 Å². The fourth-order valence-electron chi connectivity index (χ4n) is 1.35. The molecule has 0 bridgehead atoms. The third-order valence-corrected chi connectivity index (χ3v) is 2.44. The predicted octanol–water partition coefficient (Wildman–Crippen LogP) is 2.56. The monoisotopic (exact) mass is 275 g/mol.